The maximum absolute atomic E-state index is 12.2. The van der Waals surface area contributed by atoms with Crippen molar-refractivity contribution < 1.29 is 8.78 Å². The molecule has 0 aliphatic heterocycles. The van der Waals surface area contributed by atoms with Gasteiger partial charge >= 0.3 is 0 Å². The van der Waals surface area contributed by atoms with Crippen molar-refractivity contribution in [3.05, 3.63) is 65.7 Å². The highest BCUT2D eigenvalue weighted by Crippen LogP contribution is 2.02. The molecule has 0 aromatic heterocycles. The summed E-state index contributed by atoms with van der Waals surface area (Å²) in [7, 11) is 0. The van der Waals surface area contributed by atoms with Crippen LogP contribution in [0.25, 0.3) is 0 Å². The highest BCUT2D eigenvalue weighted by Gasteiger charge is 1.87. The molecule has 0 unspecified atom stereocenters. The number of nitrogen functional groups attached to an aromatic ring is 1. The Morgan fingerprint density at radius 3 is 1.47 bits per heavy atom. The Balaban J connectivity index is 0.000000303. The van der Waals surface area contributed by atoms with Crippen molar-refractivity contribution in [1.82, 2.24) is 0 Å². The van der Waals surface area contributed by atoms with Gasteiger partial charge in [-0.3, -0.25) is 0 Å². The van der Waals surface area contributed by atoms with Gasteiger partial charge in [-0.15, -0.1) is 0 Å². The van der Waals surface area contributed by atoms with Crippen molar-refractivity contribution in [3.63, 3.8) is 0 Å². The van der Waals surface area contributed by atoms with Crippen LogP contribution in [-0.2, 0) is 6.42 Å². The van der Waals surface area contributed by atoms with Crippen molar-refractivity contribution in [2.45, 2.75) is 27.2 Å². The van der Waals surface area contributed by atoms with E-state index in [1.807, 2.05) is 20.8 Å². The number of aryl methyl sites for hydroxylation is 1. The Morgan fingerprint density at radius 1 is 0.789 bits per heavy atom. The summed E-state index contributed by atoms with van der Waals surface area (Å²) >= 11 is 0. The molecular formula is C16H21F2N. The summed E-state index contributed by atoms with van der Waals surface area (Å²) in [5.41, 5.74) is 7.03. The van der Waals surface area contributed by atoms with Gasteiger partial charge in [0.05, 0.1) is 0 Å². The van der Waals surface area contributed by atoms with Gasteiger partial charge in [-0.05, 0) is 48.4 Å². The van der Waals surface area contributed by atoms with E-state index in [0.29, 0.717) is 5.69 Å². The molecule has 0 heterocycles. The van der Waals surface area contributed by atoms with Crippen LogP contribution in [0, 0.1) is 11.6 Å². The molecule has 0 bridgehead atoms. The summed E-state index contributed by atoms with van der Waals surface area (Å²) in [4.78, 5) is 0. The number of nitrogens with two attached hydrogens (primary N) is 1. The van der Waals surface area contributed by atoms with Gasteiger partial charge in [0, 0.05) is 5.69 Å². The summed E-state index contributed by atoms with van der Waals surface area (Å²) < 4.78 is 24.3. The fourth-order valence-corrected chi connectivity index (χ4v) is 1.18. The first kappa shape index (κ1) is 17.1. The molecule has 0 aliphatic rings. The maximum atomic E-state index is 12.2. The molecule has 3 heteroatoms. The highest BCUT2D eigenvalue weighted by molar-refractivity contribution is 5.36. The molecule has 0 aliphatic carbocycles. The molecular weight excluding hydrogens is 244 g/mol. The third-order valence-electron chi connectivity index (χ3n) is 2.19. The van der Waals surface area contributed by atoms with E-state index in [-0.39, 0.29) is 11.6 Å². The standard InChI is InChI=1S/C8H9F.C6H6FN.C2H6/c1-2-7-3-5-8(9)6-4-7;7-5-1-3-6(8)4-2-5;1-2/h3-6H,2H2,1H3;1-4H,8H2;1-2H3. The predicted octanol–water partition coefficient (Wildman–Crippen LogP) is 4.82. The molecule has 2 N–H and O–H groups in total. The third-order valence-corrected chi connectivity index (χ3v) is 2.19. The van der Waals surface area contributed by atoms with E-state index in [0.717, 1.165) is 6.42 Å². The topological polar surface area (TPSA) is 26.0 Å². The molecule has 0 atom stereocenters. The van der Waals surface area contributed by atoms with Crippen molar-refractivity contribution in [2.75, 3.05) is 5.73 Å². The molecule has 0 amide bonds. The quantitative estimate of drug-likeness (QED) is 0.735. The monoisotopic (exact) mass is 265 g/mol. The van der Waals surface area contributed by atoms with E-state index in [9.17, 15) is 8.78 Å². The van der Waals surface area contributed by atoms with Crippen LogP contribution < -0.4 is 5.73 Å². The molecule has 0 radical (unpaired) electrons. The lowest BCUT2D eigenvalue weighted by Gasteiger charge is -1.92. The molecule has 0 fully saturated rings. The van der Waals surface area contributed by atoms with Crippen LogP contribution >= 0.6 is 0 Å². The Hall–Kier alpha value is -1.90. The van der Waals surface area contributed by atoms with Gasteiger partial charge in [-0.25, -0.2) is 8.78 Å². The minimum Gasteiger partial charge on any atom is -0.399 e. The molecule has 2 rings (SSSR count). The largest absolute Gasteiger partial charge is 0.399 e. The van der Waals surface area contributed by atoms with E-state index >= 15 is 0 Å². The second-order valence-electron chi connectivity index (χ2n) is 3.53. The summed E-state index contributed by atoms with van der Waals surface area (Å²) in [6, 6.07) is 12.3. The first-order chi connectivity index (χ1) is 9.11. The van der Waals surface area contributed by atoms with Crippen LogP contribution in [0.4, 0.5) is 14.5 Å². The average molecular weight is 265 g/mol. The second kappa shape index (κ2) is 10.1. The number of hydrogen-bond acceptors (Lipinski definition) is 1. The van der Waals surface area contributed by atoms with Gasteiger partial charge in [0.1, 0.15) is 11.6 Å². The first-order valence-electron chi connectivity index (χ1n) is 6.37. The van der Waals surface area contributed by atoms with Gasteiger partial charge < -0.3 is 5.73 Å². The fraction of sp³-hybridized carbons (Fsp3) is 0.250. The van der Waals surface area contributed by atoms with Crippen LogP contribution in [0.5, 0.6) is 0 Å². The summed E-state index contributed by atoms with van der Waals surface area (Å²) in [5.74, 6) is -0.411. The van der Waals surface area contributed by atoms with Crippen LogP contribution in [-0.4, -0.2) is 0 Å². The number of halogens is 2. The highest BCUT2D eigenvalue weighted by atomic mass is 19.1. The number of hydrogen-bond donors (Lipinski definition) is 1. The van der Waals surface area contributed by atoms with Crippen LogP contribution in [0.3, 0.4) is 0 Å². The summed E-state index contributed by atoms with van der Waals surface area (Å²) in [6.45, 7) is 6.05. The average Bonchev–Trinajstić information content (AvgIpc) is 2.46. The van der Waals surface area contributed by atoms with Crippen molar-refractivity contribution in [3.8, 4) is 0 Å². The summed E-state index contributed by atoms with van der Waals surface area (Å²) in [5, 5.41) is 0. The Labute approximate surface area is 114 Å². The van der Waals surface area contributed by atoms with Gasteiger partial charge in [-0.1, -0.05) is 32.9 Å². The SMILES string of the molecule is CC.CCc1ccc(F)cc1.Nc1ccc(F)cc1. The van der Waals surface area contributed by atoms with E-state index in [2.05, 4.69) is 0 Å². The second-order valence-corrected chi connectivity index (χ2v) is 3.53. The fourth-order valence-electron chi connectivity index (χ4n) is 1.18. The number of rotatable bonds is 1. The lowest BCUT2D eigenvalue weighted by atomic mass is 10.2. The van der Waals surface area contributed by atoms with Gasteiger partial charge in [0.25, 0.3) is 0 Å². The normalized spacial score (nSPS) is 8.68. The van der Waals surface area contributed by atoms with Gasteiger partial charge in [-0.2, -0.15) is 0 Å². The molecule has 2 aromatic rings. The van der Waals surface area contributed by atoms with E-state index < -0.39 is 0 Å². The number of anilines is 1. The van der Waals surface area contributed by atoms with Gasteiger partial charge in [0.15, 0.2) is 0 Å². The molecule has 0 spiro atoms. The third kappa shape index (κ3) is 7.92. The molecule has 0 saturated heterocycles. The molecule has 0 saturated carbocycles. The van der Waals surface area contributed by atoms with Gasteiger partial charge in [0.2, 0.25) is 0 Å². The maximum Gasteiger partial charge on any atom is 0.123 e. The van der Waals surface area contributed by atoms with Crippen molar-refractivity contribution >= 4 is 5.69 Å². The van der Waals surface area contributed by atoms with Crippen LogP contribution in [0.1, 0.15) is 26.3 Å². The van der Waals surface area contributed by atoms with Crippen molar-refractivity contribution in [1.29, 1.82) is 0 Å². The lowest BCUT2D eigenvalue weighted by molar-refractivity contribution is 0.627. The van der Waals surface area contributed by atoms with Crippen molar-refractivity contribution in [2.24, 2.45) is 0 Å². The van der Waals surface area contributed by atoms with E-state index in [1.165, 1.54) is 42.0 Å². The Bertz CT molecular complexity index is 414. The molecule has 19 heavy (non-hydrogen) atoms. The van der Waals surface area contributed by atoms with E-state index in [4.69, 9.17) is 5.73 Å². The Kier molecular flexibility index (Phi) is 9.06. The van der Waals surface area contributed by atoms with Crippen LogP contribution in [0.2, 0.25) is 0 Å². The number of benzene rings is 2. The molecule has 104 valence electrons. The first-order valence-corrected chi connectivity index (χ1v) is 6.37. The molecule has 2 aromatic carbocycles. The van der Waals surface area contributed by atoms with Crippen LogP contribution in [0.15, 0.2) is 48.5 Å². The minimum atomic E-state index is -0.251. The smallest absolute Gasteiger partial charge is 0.123 e. The molecule has 1 nitrogen and oxygen atoms in total. The zero-order chi connectivity index (χ0) is 14.7. The zero-order valence-corrected chi connectivity index (χ0v) is 11.7. The minimum absolute atomic E-state index is 0.160. The predicted molar refractivity (Wildman–Crippen MR) is 77.9 cm³/mol. The lowest BCUT2D eigenvalue weighted by Crippen LogP contribution is -1.82. The zero-order valence-electron chi connectivity index (χ0n) is 11.7. The summed E-state index contributed by atoms with van der Waals surface area (Å²) in [6.07, 6.45) is 0.972. The van der Waals surface area contributed by atoms with E-state index in [1.54, 1.807) is 12.1 Å². The Morgan fingerprint density at radius 2 is 1.16 bits per heavy atom.